The van der Waals surface area contributed by atoms with Crippen LogP contribution in [0, 0.1) is 0 Å². The van der Waals surface area contributed by atoms with E-state index in [9.17, 15) is 9.59 Å². The quantitative estimate of drug-likeness (QED) is 0.286. The van der Waals surface area contributed by atoms with Gasteiger partial charge in [0.05, 0.1) is 30.3 Å². The summed E-state index contributed by atoms with van der Waals surface area (Å²) in [6, 6.07) is 12.9. The minimum Gasteiger partial charge on any atom is -0.422 e. The number of nitrogens with zero attached hydrogens (tertiary/aromatic N) is 4. The molecule has 36 heavy (non-hydrogen) atoms. The van der Waals surface area contributed by atoms with Crippen LogP contribution in [0.3, 0.4) is 0 Å². The summed E-state index contributed by atoms with van der Waals surface area (Å²) in [7, 11) is 0. The van der Waals surface area contributed by atoms with Crippen LogP contribution in [0.15, 0.2) is 70.3 Å². The van der Waals surface area contributed by atoms with E-state index in [2.05, 4.69) is 25.6 Å². The summed E-state index contributed by atoms with van der Waals surface area (Å²) in [5.74, 6) is 0.0232. The Kier molecular flexibility index (Phi) is 5.51. The Bertz CT molecular complexity index is 1670. The van der Waals surface area contributed by atoms with Crippen LogP contribution in [0.4, 0.5) is 11.6 Å². The maximum Gasteiger partial charge on any atom is 0.347 e. The van der Waals surface area contributed by atoms with Crippen LogP contribution >= 0.6 is 0 Å². The second-order valence-corrected chi connectivity index (χ2v) is 8.47. The molecule has 0 bridgehead atoms. The number of Topliss-reactive ketones (excluding diaryl/α,β-unsaturated/α-hetero) is 1. The molecule has 180 valence electrons. The third-order valence-electron chi connectivity index (χ3n) is 6.14. The Morgan fingerprint density at radius 1 is 1.19 bits per heavy atom. The smallest absolute Gasteiger partial charge is 0.347 e. The molecule has 10 nitrogen and oxygen atoms in total. The molecule has 1 aromatic carbocycles. The minimum absolute atomic E-state index is 0.0287. The highest BCUT2D eigenvalue weighted by molar-refractivity contribution is 6.00. The zero-order valence-corrected chi connectivity index (χ0v) is 19.4. The van der Waals surface area contributed by atoms with Crippen LogP contribution in [0.25, 0.3) is 28.0 Å². The van der Waals surface area contributed by atoms with Gasteiger partial charge in [-0.25, -0.2) is 19.7 Å². The molecule has 1 atom stereocenters. The molecule has 0 radical (unpaired) electrons. The molecular weight excluding hydrogens is 460 g/mol. The van der Waals surface area contributed by atoms with Crippen LogP contribution in [-0.2, 0) is 4.74 Å². The number of aromatic nitrogens is 4. The molecule has 6 rings (SSSR count). The van der Waals surface area contributed by atoms with E-state index in [0.29, 0.717) is 53.6 Å². The van der Waals surface area contributed by atoms with Crippen molar-refractivity contribution in [2.24, 2.45) is 0 Å². The summed E-state index contributed by atoms with van der Waals surface area (Å²) < 4.78 is 13.4. The minimum atomic E-state index is -0.679. The van der Waals surface area contributed by atoms with Gasteiger partial charge in [-0.2, -0.15) is 0 Å². The van der Waals surface area contributed by atoms with E-state index < -0.39 is 11.7 Å². The predicted octanol–water partition coefficient (Wildman–Crippen LogP) is 3.50. The maximum atomic E-state index is 12.8. The first-order valence-corrected chi connectivity index (χ1v) is 11.5. The number of carbonyl (C=O) groups is 1. The zero-order valence-electron chi connectivity index (χ0n) is 19.4. The van der Waals surface area contributed by atoms with E-state index >= 15 is 0 Å². The van der Waals surface area contributed by atoms with E-state index in [4.69, 9.17) is 9.15 Å². The maximum absolute atomic E-state index is 12.8. The standard InChI is InChI=1S/C26H22N6O4/c1-15(33)23-24(21-14-27-9-11-35-21)17-6-5-16(12-20(17)36-25(23)34)30-26-28-8-7-18(31-26)19-13-29-22-4-2-3-10-32(19)22/h2-8,10,12-13,21,27H,9,11,14H2,1H3,(H,28,30,31). The second-order valence-electron chi connectivity index (χ2n) is 8.47. The Morgan fingerprint density at radius 3 is 2.94 bits per heavy atom. The number of hydrogen-bond acceptors (Lipinski definition) is 9. The van der Waals surface area contributed by atoms with Crippen molar-refractivity contribution >= 4 is 34.0 Å². The predicted molar refractivity (Wildman–Crippen MR) is 134 cm³/mol. The molecule has 10 heteroatoms. The number of benzene rings is 1. The van der Waals surface area contributed by atoms with Crippen LogP contribution in [-0.4, -0.2) is 44.8 Å². The van der Waals surface area contributed by atoms with Crippen molar-refractivity contribution in [1.82, 2.24) is 24.7 Å². The van der Waals surface area contributed by atoms with E-state index in [0.717, 1.165) is 11.3 Å². The summed E-state index contributed by atoms with van der Waals surface area (Å²) >= 11 is 0. The van der Waals surface area contributed by atoms with E-state index in [1.807, 2.05) is 47.0 Å². The zero-order chi connectivity index (χ0) is 24.6. The molecule has 2 N–H and O–H groups in total. The Labute approximate surface area is 205 Å². The lowest BCUT2D eigenvalue weighted by atomic mass is 9.96. The number of imidazole rings is 1. The largest absolute Gasteiger partial charge is 0.422 e. The number of fused-ring (bicyclic) bond motifs is 2. The number of carbonyl (C=O) groups excluding carboxylic acids is 1. The molecule has 0 amide bonds. The molecule has 4 aromatic heterocycles. The van der Waals surface area contributed by atoms with Crippen LogP contribution in [0.1, 0.15) is 28.9 Å². The first kappa shape index (κ1) is 22.1. The van der Waals surface area contributed by atoms with Gasteiger partial charge in [0.25, 0.3) is 0 Å². The van der Waals surface area contributed by atoms with Gasteiger partial charge in [-0.3, -0.25) is 9.20 Å². The number of hydrogen-bond donors (Lipinski definition) is 2. The number of nitrogens with one attached hydrogen (secondary N) is 2. The molecule has 1 unspecified atom stereocenters. The van der Waals surface area contributed by atoms with Gasteiger partial charge in [-0.15, -0.1) is 0 Å². The van der Waals surface area contributed by atoms with Crippen molar-refractivity contribution in [2.75, 3.05) is 25.0 Å². The molecular formula is C26H22N6O4. The lowest BCUT2D eigenvalue weighted by Crippen LogP contribution is -2.35. The number of ketones is 1. The molecule has 5 aromatic rings. The Hall–Kier alpha value is -4.41. The van der Waals surface area contributed by atoms with Gasteiger partial charge >= 0.3 is 5.63 Å². The van der Waals surface area contributed by atoms with Gasteiger partial charge in [0, 0.05) is 48.2 Å². The van der Waals surface area contributed by atoms with Crippen molar-refractivity contribution in [3.63, 3.8) is 0 Å². The van der Waals surface area contributed by atoms with E-state index in [-0.39, 0.29) is 11.3 Å². The number of pyridine rings is 1. The summed E-state index contributed by atoms with van der Waals surface area (Å²) in [6.45, 7) is 3.07. The molecule has 1 aliphatic heterocycles. The van der Waals surface area contributed by atoms with Crippen molar-refractivity contribution in [2.45, 2.75) is 13.0 Å². The molecule has 0 aliphatic carbocycles. The van der Waals surface area contributed by atoms with Crippen LogP contribution in [0.5, 0.6) is 0 Å². The lowest BCUT2D eigenvalue weighted by Gasteiger charge is -2.26. The summed E-state index contributed by atoms with van der Waals surface area (Å²) in [6.07, 6.45) is 4.94. The highest BCUT2D eigenvalue weighted by Crippen LogP contribution is 2.31. The summed E-state index contributed by atoms with van der Waals surface area (Å²) in [5, 5.41) is 7.08. The number of rotatable bonds is 5. The topological polar surface area (TPSA) is 124 Å². The molecule has 1 fully saturated rings. The average molecular weight is 483 g/mol. The Morgan fingerprint density at radius 2 is 2.11 bits per heavy atom. The highest BCUT2D eigenvalue weighted by Gasteiger charge is 2.27. The average Bonchev–Trinajstić information content (AvgIpc) is 3.32. The van der Waals surface area contributed by atoms with Gasteiger partial charge in [-0.05, 0) is 37.3 Å². The van der Waals surface area contributed by atoms with E-state index in [1.165, 1.54) is 6.92 Å². The lowest BCUT2D eigenvalue weighted by molar-refractivity contribution is 0.0277. The fourth-order valence-corrected chi connectivity index (χ4v) is 4.53. The first-order valence-electron chi connectivity index (χ1n) is 11.5. The van der Waals surface area contributed by atoms with Crippen molar-refractivity contribution in [3.05, 3.63) is 82.6 Å². The van der Waals surface area contributed by atoms with Crippen LogP contribution in [0.2, 0.25) is 0 Å². The monoisotopic (exact) mass is 482 g/mol. The molecule has 1 aliphatic rings. The van der Waals surface area contributed by atoms with Crippen molar-refractivity contribution < 1.29 is 13.9 Å². The van der Waals surface area contributed by atoms with Gasteiger partial charge in [0.2, 0.25) is 5.95 Å². The summed E-state index contributed by atoms with van der Waals surface area (Å²) in [5.41, 5.74) is 3.24. The first-order chi connectivity index (χ1) is 17.6. The number of anilines is 2. The van der Waals surface area contributed by atoms with E-state index in [1.54, 1.807) is 18.5 Å². The second kappa shape index (κ2) is 8.99. The third kappa shape index (κ3) is 3.92. The number of ether oxygens (including phenoxy) is 1. The molecule has 5 heterocycles. The molecule has 0 saturated carbocycles. The van der Waals surface area contributed by atoms with Crippen LogP contribution < -0.4 is 16.3 Å². The van der Waals surface area contributed by atoms with Crippen molar-refractivity contribution in [3.8, 4) is 11.4 Å². The highest BCUT2D eigenvalue weighted by atomic mass is 16.5. The number of morpholine rings is 1. The fourth-order valence-electron chi connectivity index (χ4n) is 4.53. The van der Waals surface area contributed by atoms with Gasteiger partial charge in [0.15, 0.2) is 5.78 Å². The Balaban J connectivity index is 1.38. The third-order valence-corrected chi connectivity index (χ3v) is 6.14. The summed E-state index contributed by atoms with van der Waals surface area (Å²) in [4.78, 5) is 38.5. The fraction of sp³-hybridized carbons (Fsp3) is 0.192. The molecule has 0 spiro atoms. The molecule has 1 saturated heterocycles. The van der Waals surface area contributed by atoms with Gasteiger partial charge in [-0.1, -0.05) is 6.07 Å². The SMILES string of the molecule is CC(=O)c1c(C2CNCCO2)c2ccc(Nc3nccc(-c4cnc5ccccn45)n3)cc2oc1=O. The van der Waals surface area contributed by atoms with Gasteiger partial charge < -0.3 is 19.8 Å². The van der Waals surface area contributed by atoms with Crippen molar-refractivity contribution in [1.29, 1.82) is 0 Å². The normalized spacial score (nSPS) is 15.9. The van der Waals surface area contributed by atoms with Gasteiger partial charge in [0.1, 0.15) is 16.8 Å².